The second kappa shape index (κ2) is 7.83. The molecule has 0 aromatic carbocycles. The van der Waals surface area contributed by atoms with Crippen LogP contribution in [0.2, 0.25) is 0 Å². The molecule has 0 aromatic rings. The maximum atomic E-state index is 13.3. The molecule has 2 saturated heterocycles. The standard InChI is InChI=1S/C18H31N3O3/c1-19-15-5-4-8-21(14-15)17(23)18(6-2-3-7-18)13-16(22)20-9-11-24-12-10-20/h15,19H,2-14H2,1H3. The van der Waals surface area contributed by atoms with Gasteiger partial charge < -0.3 is 19.9 Å². The summed E-state index contributed by atoms with van der Waals surface area (Å²) in [6.45, 7) is 4.17. The number of carbonyl (C=O) groups excluding carboxylic acids is 2. The number of ether oxygens (including phenoxy) is 1. The number of hydrogen-bond acceptors (Lipinski definition) is 4. The average Bonchev–Trinajstić information content (AvgIpc) is 3.11. The predicted octanol–water partition coefficient (Wildman–Crippen LogP) is 1.01. The number of nitrogens with zero attached hydrogens (tertiary/aromatic N) is 2. The number of hydrogen-bond donors (Lipinski definition) is 1. The molecule has 6 heteroatoms. The van der Waals surface area contributed by atoms with Gasteiger partial charge >= 0.3 is 0 Å². The van der Waals surface area contributed by atoms with Crippen LogP contribution in [-0.4, -0.2) is 74.1 Å². The Balaban J connectivity index is 1.68. The van der Waals surface area contributed by atoms with Crippen LogP contribution in [0.1, 0.15) is 44.9 Å². The molecule has 0 bridgehead atoms. The van der Waals surface area contributed by atoms with Gasteiger partial charge in [-0.05, 0) is 32.7 Å². The Morgan fingerprint density at radius 1 is 1.08 bits per heavy atom. The van der Waals surface area contributed by atoms with Crippen molar-refractivity contribution in [1.29, 1.82) is 0 Å². The summed E-state index contributed by atoms with van der Waals surface area (Å²) in [5.74, 6) is 0.359. The maximum absolute atomic E-state index is 13.3. The fourth-order valence-electron chi connectivity index (χ4n) is 4.46. The van der Waals surface area contributed by atoms with Gasteiger partial charge in [-0.1, -0.05) is 12.8 Å². The Bertz CT molecular complexity index is 456. The quantitative estimate of drug-likeness (QED) is 0.832. The van der Waals surface area contributed by atoms with E-state index in [0.717, 1.165) is 51.6 Å². The molecule has 3 fully saturated rings. The van der Waals surface area contributed by atoms with Gasteiger partial charge in [-0.15, -0.1) is 0 Å². The third-order valence-electron chi connectivity index (χ3n) is 5.98. The predicted molar refractivity (Wildman–Crippen MR) is 91.6 cm³/mol. The molecule has 2 aliphatic heterocycles. The molecular formula is C18H31N3O3. The van der Waals surface area contributed by atoms with E-state index >= 15 is 0 Å². The van der Waals surface area contributed by atoms with E-state index < -0.39 is 5.41 Å². The number of likely N-dealkylation sites (N-methyl/N-ethyl adjacent to an activating group) is 1. The van der Waals surface area contributed by atoms with Crippen LogP contribution in [0.25, 0.3) is 0 Å². The van der Waals surface area contributed by atoms with E-state index in [1.807, 2.05) is 16.8 Å². The molecule has 136 valence electrons. The highest BCUT2D eigenvalue weighted by molar-refractivity contribution is 5.89. The Kier molecular flexibility index (Phi) is 5.76. The molecule has 1 atom stereocenters. The van der Waals surface area contributed by atoms with Crippen LogP contribution in [0.15, 0.2) is 0 Å². The molecule has 1 N–H and O–H groups in total. The number of likely N-dealkylation sites (tertiary alicyclic amines) is 1. The molecule has 1 saturated carbocycles. The third kappa shape index (κ3) is 3.75. The Morgan fingerprint density at radius 3 is 2.46 bits per heavy atom. The van der Waals surface area contributed by atoms with Gasteiger partial charge in [0.15, 0.2) is 0 Å². The van der Waals surface area contributed by atoms with Crippen LogP contribution in [0.5, 0.6) is 0 Å². The van der Waals surface area contributed by atoms with E-state index in [4.69, 9.17) is 4.74 Å². The van der Waals surface area contributed by atoms with Gasteiger partial charge in [0.05, 0.1) is 18.6 Å². The molecule has 24 heavy (non-hydrogen) atoms. The number of rotatable bonds is 4. The molecule has 3 rings (SSSR count). The van der Waals surface area contributed by atoms with E-state index in [0.29, 0.717) is 38.8 Å². The molecule has 6 nitrogen and oxygen atoms in total. The van der Waals surface area contributed by atoms with Crippen LogP contribution in [0.3, 0.4) is 0 Å². The van der Waals surface area contributed by atoms with Crippen LogP contribution < -0.4 is 5.32 Å². The van der Waals surface area contributed by atoms with Crippen molar-refractivity contribution < 1.29 is 14.3 Å². The zero-order valence-corrected chi connectivity index (χ0v) is 14.9. The lowest BCUT2D eigenvalue weighted by atomic mass is 9.80. The van der Waals surface area contributed by atoms with Crippen molar-refractivity contribution in [3.63, 3.8) is 0 Å². The van der Waals surface area contributed by atoms with Gasteiger partial charge in [0, 0.05) is 38.6 Å². The number of piperidine rings is 1. The lowest BCUT2D eigenvalue weighted by Gasteiger charge is -2.39. The topological polar surface area (TPSA) is 61.9 Å². The van der Waals surface area contributed by atoms with Gasteiger partial charge in [-0.3, -0.25) is 9.59 Å². The minimum absolute atomic E-state index is 0.135. The number of morpholine rings is 1. The molecular weight excluding hydrogens is 306 g/mol. The molecule has 2 heterocycles. The highest BCUT2D eigenvalue weighted by Crippen LogP contribution is 2.43. The van der Waals surface area contributed by atoms with Gasteiger partial charge in [-0.25, -0.2) is 0 Å². The normalized spacial score (nSPS) is 27.3. The molecule has 0 radical (unpaired) electrons. The Hall–Kier alpha value is -1.14. The number of carbonyl (C=O) groups is 2. The van der Waals surface area contributed by atoms with Crippen LogP contribution in [-0.2, 0) is 14.3 Å². The Morgan fingerprint density at radius 2 is 1.79 bits per heavy atom. The van der Waals surface area contributed by atoms with Crippen molar-refractivity contribution in [3.8, 4) is 0 Å². The molecule has 1 aliphatic carbocycles. The van der Waals surface area contributed by atoms with E-state index in [-0.39, 0.29) is 11.8 Å². The fraction of sp³-hybridized carbons (Fsp3) is 0.889. The van der Waals surface area contributed by atoms with Crippen molar-refractivity contribution in [2.45, 2.75) is 51.0 Å². The first kappa shape index (κ1) is 17.7. The fourth-order valence-corrected chi connectivity index (χ4v) is 4.46. The zero-order chi connectivity index (χ0) is 17.0. The summed E-state index contributed by atoms with van der Waals surface area (Å²) in [5, 5.41) is 3.30. The smallest absolute Gasteiger partial charge is 0.229 e. The van der Waals surface area contributed by atoms with Crippen molar-refractivity contribution in [1.82, 2.24) is 15.1 Å². The number of amides is 2. The lowest BCUT2D eigenvalue weighted by Crippen LogP contribution is -2.53. The van der Waals surface area contributed by atoms with Crippen LogP contribution in [0, 0.1) is 5.41 Å². The minimum atomic E-state index is -0.453. The van der Waals surface area contributed by atoms with Crippen molar-refractivity contribution >= 4 is 11.8 Å². The van der Waals surface area contributed by atoms with E-state index in [2.05, 4.69) is 5.32 Å². The molecule has 1 unspecified atom stereocenters. The first-order chi connectivity index (χ1) is 11.6. The monoisotopic (exact) mass is 337 g/mol. The first-order valence-electron chi connectivity index (χ1n) is 9.47. The molecule has 0 spiro atoms. The van der Waals surface area contributed by atoms with Crippen molar-refractivity contribution in [3.05, 3.63) is 0 Å². The van der Waals surface area contributed by atoms with E-state index in [9.17, 15) is 9.59 Å². The van der Waals surface area contributed by atoms with Crippen molar-refractivity contribution in [2.75, 3.05) is 46.4 Å². The van der Waals surface area contributed by atoms with Crippen LogP contribution in [0.4, 0.5) is 0 Å². The summed E-state index contributed by atoms with van der Waals surface area (Å²) in [4.78, 5) is 30.0. The van der Waals surface area contributed by atoms with E-state index in [1.54, 1.807) is 0 Å². The largest absolute Gasteiger partial charge is 0.378 e. The molecule has 2 amide bonds. The summed E-state index contributed by atoms with van der Waals surface area (Å²) in [6, 6.07) is 0.385. The summed E-state index contributed by atoms with van der Waals surface area (Å²) in [7, 11) is 1.96. The summed E-state index contributed by atoms with van der Waals surface area (Å²) in [6.07, 6.45) is 6.40. The zero-order valence-electron chi connectivity index (χ0n) is 14.9. The number of nitrogens with one attached hydrogen (secondary N) is 1. The van der Waals surface area contributed by atoms with Gasteiger partial charge in [-0.2, -0.15) is 0 Å². The third-order valence-corrected chi connectivity index (χ3v) is 5.98. The average molecular weight is 337 g/mol. The van der Waals surface area contributed by atoms with Gasteiger partial charge in [0.2, 0.25) is 11.8 Å². The second-order valence-corrected chi connectivity index (χ2v) is 7.54. The first-order valence-corrected chi connectivity index (χ1v) is 9.47. The summed E-state index contributed by atoms with van der Waals surface area (Å²) in [5.41, 5.74) is -0.453. The highest BCUT2D eigenvalue weighted by Gasteiger charge is 2.46. The SMILES string of the molecule is CNC1CCCN(C(=O)C2(CC(=O)N3CCOCC3)CCCC2)C1. The lowest BCUT2D eigenvalue weighted by molar-refractivity contribution is -0.150. The maximum Gasteiger partial charge on any atom is 0.229 e. The second-order valence-electron chi connectivity index (χ2n) is 7.54. The highest BCUT2D eigenvalue weighted by atomic mass is 16.5. The van der Waals surface area contributed by atoms with E-state index in [1.165, 1.54) is 0 Å². The minimum Gasteiger partial charge on any atom is -0.378 e. The molecule has 0 aromatic heterocycles. The molecule has 3 aliphatic rings. The van der Waals surface area contributed by atoms with Crippen molar-refractivity contribution in [2.24, 2.45) is 5.41 Å². The van der Waals surface area contributed by atoms with Gasteiger partial charge in [0.1, 0.15) is 0 Å². The summed E-state index contributed by atoms with van der Waals surface area (Å²) >= 11 is 0. The van der Waals surface area contributed by atoms with Gasteiger partial charge in [0.25, 0.3) is 0 Å². The summed E-state index contributed by atoms with van der Waals surface area (Å²) < 4.78 is 5.34. The Labute approximate surface area is 144 Å². The van der Waals surface area contributed by atoms with Crippen LogP contribution >= 0.6 is 0 Å².